The second kappa shape index (κ2) is 10.9. The van der Waals surface area contributed by atoms with E-state index >= 15 is 0 Å². The van der Waals surface area contributed by atoms with Crippen molar-refractivity contribution in [2.24, 2.45) is 0 Å². The first-order valence-electron chi connectivity index (χ1n) is 11.8. The monoisotopic (exact) mass is 527 g/mol. The third-order valence-corrected chi connectivity index (χ3v) is 9.92. The summed E-state index contributed by atoms with van der Waals surface area (Å²) in [6.07, 6.45) is 1.47. The minimum Gasteiger partial charge on any atom is -0.480 e. The summed E-state index contributed by atoms with van der Waals surface area (Å²) < 4.78 is 25.4. The largest absolute Gasteiger partial charge is 0.480 e. The van der Waals surface area contributed by atoms with E-state index in [1.807, 2.05) is 24.4 Å². The zero-order valence-corrected chi connectivity index (χ0v) is 21.6. The average molecular weight is 528 g/mol. The van der Waals surface area contributed by atoms with Gasteiger partial charge in [-0.3, -0.25) is 4.79 Å². The fraction of sp³-hybridized carbons (Fsp3) is 0.346. The number of carboxylic acid groups (broad SMARTS) is 1. The zero-order valence-electron chi connectivity index (χ0n) is 19.9. The molecular formula is C26H29N3O5S2. The van der Waals surface area contributed by atoms with Crippen LogP contribution in [0.3, 0.4) is 0 Å². The maximum absolute atomic E-state index is 13.6. The lowest BCUT2D eigenvalue weighted by Gasteiger charge is -2.36. The number of carbonyl (C=O) groups excluding carboxylic acids is 1. The normalized spacial score (nSPS) is 18.9. The molecule has 1 saturated heterocycles. The van der Waals surface area contributed by atoms with Gasteiger partial charge in [0.2, 0.25) is 5.91 Å². The van der Waals surface area contributed by atoms with Gasteiger partial charge in [-0.15, -0.1) is 11.3 Å². The van der Waals surface area contributed by atoms with Crippen molar-refractivity contribution in [1.82, 2.24) is 15.6 Å². The van der Waals surface area contributed by atoms with Gasteiger partial charge in [0.05, 0.1) is 15.6 Å². The molecule has 2 heterocycles. The van der Waals surface area contributed by atoms with Crippen LogP contribution >= 0.6 is 11.3 Å². The molecule has 0 radical (unpaired) electrons. The summed E-state index contributed by atoms with van der Waals surface area (Å²) >= 11 is 1.59. The fourth-order valence-electron chi connectivity index (χ4n) is 4.39. The van der Waals surface area contributed by atoms with Crippen LogP contribution in [0.2, 0.25) is 0 Å². The van der Waals surface area contributed by atoms with E-state index in [4.69, 9.17) is 0 Å². The maximum atomic E-state index is 13.6. The molecular weight excluding hydrogens is 498 g/mol. The summed E-state index contributed by atoms with van der Waals surface area (Å²) in [6, 6.07) is 13.9. The number of hydrogen-bond acceptors (Lipinski definition) is 7. The van der Waals surface area contributed by atoms with Gasteiger partial charge in [0.25, 0.3) is 0 Å². The van der Waals surface area contributed by atoms with Crippen LogP contribution in [0.1, 0.15) is 30.3 Å². The number of piperidine rings is 1. The standard InChI is InChI=1S/C26H29N3O5S2/c1-2-23-28-22(16-35-23)19-11-9-18(10-12-19)15-21(24(30)31)29-25(32)26(13-6-14-27-17-26)36(33,34)20-7-4-3-5-8-20/h3-5,7-12,16,21,27H,2,6,13-15,17H2,1H3,(H,29,32)(H,30,31)/t21-,26?/m0/s1. The van der Waals surface area contributed by atoms with Gasteiger partial charge >= 0.3 is 5.97 Å². The Kier molecular flexibility index (Phi) is 7.87. The predicted molar refractivity (Wildman–Crippen MR) is 139 cm³/mol. The number of benzene rings is 2. The van der Waals surface area contributed by atoms with Gasteiger partial charge in [-0.05, 0) is 43.5 Å². The number of aromatic nitrogens is 1. The quantitative estimate of drug-likeness (QED) is 0.390. The minimum absolute atomic E-state index is 0.0214. The van der Waals surface area contributed by atoms with Crippen molar-refractivity contribution in [3.8, 4) is 11.3 Å². The summed E-state index contributed by atoms with van der Waals surface area (Å²) in [7, 11) is -4.08. The van der Waals surface area contributed by atoms with E-state index in [-0.39, 0.29) is 24.3 Å². The molecule has 1 unspecified atom stereocenters. The van der Waals surface area contributed by atoms with E-state index in [1.165, 1.54) is 12.1 Å². The van der Waals surface area contributed by atoms with Crippen LogP contribution in [0.15, 0.2) is 64.9 Å². The molecule has 1 aromatic heterocycles. The van der Waals surface area contributed by atoms with Crippen LogP contribution in [0, 0.1) is 0 Å². The molecule has 3 N–H and O–H groups in total. The average Bonchev–Trinajstić information content (AvgIpc) is 3.39. The second-order valence-electron chi connectivity index (χ2n) is 8.84. The van der Waals surface area contributed by atoms with Crippen molar-refractivity contribution in [2.45, 2.75) is 48.3 Å². The van der Waals surface area contributed by atoms with Gasteiger partial charge < -0.3 is 15.7 Å². The molecule has 1 aliphatic heterocycles. The third-order valence-electron chi connectivity index (χ3n) is 6.47. The lowest BCUT2D eigenvalue weighted by atomic mass is 9.96. The summed E-state index contributed by atoms with van der Waals surface area (Å²) in [6.45, 7) is 2.56. The minimum atomic E-state index is -4.08. The van der Waals surface area contributed by atoms with Gasteiger partial charge in [0.15, 0.2) is 14.6 Å². The number of carboxylic acids is 1. The Labute approximate surface area is 214 Å². The lowest BCUT2D eigenvalue weighted by Crippen LogP contribution is -2.62. The van der Waals surface area contributed by atoms with Crippen molar-refractivity contribution >= 4 is 33.1 Å². The van der Waals surface area contributed by atoms with E-state index < -0.39 is 32.5 Å². The topological polar surface area (TPSA) is 125 Å². The Morgan fingerprint density at radius 3 is 2.47 bits per heavy atom. The number of hydrogen-bond donors (Lipinski definition) is 3. The highest BCUT2D eigenvalue weighted by Crippen LogP contribution is 2.32. The molecule has 1 aliphatic rings. The number of aryl methyl sites for hydroxylation is 1. The summed E-state index contributed by atoms with van der Waals surface area (Å²) in [5, 5.41) is 18.4. The number of sulfone groups is 1. The number of nitrogens with one attached hydrogen (secondary N) is 2. The highest BCUT2D eigenvalue weighted by molar-refractivity contribution is 7.93. The molecule has 0 bridgehead atoms. The zero-order chi connectivity index (χ0) is 25.8. The maximum Gasteiger partial charge on any atom is 0.326 e. The molecule has 190 valence electrons. The van der Waals surface area contributed by atoms with E-state index in [2.05, 4.69) is 15.6 Å². The Hall–Kier alpha value is -3.08. The number of rotatable bonds is 9. The molecule has 0 saturated carbocycles. The Morgan fingerprint density at radius 2 is 1.89 bits per heavy atom. The molecule has 1 fully saturated rings. The van der Waals surface area contributed by atoms with Crippen molar-refractivity contribution in [1.29, 1.82) is 0 Å². The van der Waals surface area contributed by atoms with Crippen LogP contribution in [0.5, 0.6) is 0 Å². The first-order chi connectivity index (χ1) is 17.3. The van der Waals surface area contributed by atoms with E-state index in [0.717, 1.165) is 22.7 Å². The summed E-state index contributed by atoms with van der Waals surface area (Å²) in [5.74, 6) is -2.02. The summed E-state index contributed by atoms with van der Waals surface area (Å²) in [4.78, 5) is 30.2. The highest BCUT2D eigenvalue weighted by Gasteiger charge is 2.52. The van der Waals surface area contributed by atoms with E-state index in [1.54, 1.807) is 41.7 Å². The predicted octanol–water partition coefficient (Wildman–Crippen LogP) is 3.08. The van der Waals surface area contributed by atoms with Crippen molar-refractivity contribution in [2.75, 3.05) is 13.1 Å². The third kappa shape index (κ3) is 5.21. The lowest BCUT2D eigenvalue weighted by molar-refractivity contribution is -0.142. The van der Waals surface area contributed by atoms with Crippen LogP contribution in [0.25, 0.3) is 11.3 Å². The highest BCUT2D eigenvalue weighted by atomic mass is 32.2. The molecule has 36 heavy (non-hydrogen) atoms. The van der Waals surface area contributed by atoms with E-state index in [9.17, 15) is 23.1 Å². The van der Waals surface area contributed by atoms with Gasteiger partial charge in [-0.2, -0.15) is 0 Å². The Morgan fingerprint density at radius 1 is 1.17 bits per heavy atom. The Balaban J connectivity index is 1.55. The molecule has 1 amide bonds. The van der Waals surface area contributed by atoms with Gasteiger partial charge in [0, 0.05) is 23.9 Å². The molecule has 4 rings (SSSR count). The molecule has 10 heteroatoms. The smallest absolute Gasteiger partial charge is 0.326 e. The molecule has 8 nitrogen and oxygen atoms in total. The van der Waals surface area contributed by atoms with Gasteiger partial charge in [-0.1, -0.05) is 49.4 Å². The summed E-state index contributed by atoms with van der Waals surface area (Å²) in [5.41, 5.74) is 2.50. The van der Waals surface area contributed by atoms with Crippen molar-refractivity contribution in [3.63, 3.8) is 0 Å². The van der Waals surface area contributed by atoms with Crippen LogP contribution in [-0.2, 0) is 32.3 Å². The molecule has 0 aliphatic carbocycles. The number of aliphatic carboxylic acids is 1. The van der Waals surface area contributed by atoms with Crippen LogP contribution in [0.4, 0.5) is 0 Å². The van der Waals surface area contributed by atoms with Crippen LogP contribution < -0.4 is 10.6 Å². The molecule has 0 spiro atoms. The fourth-order valence-corrected chi connectivity index (χ4v) is 7.12. The van der Waals surface area contributed by atoms with E-state index in [0.29, 0.717) is 18.5 Å². The van der Waals surface area contributed by atoms with Gasteiger partial charge in [0.1, 0.15) is 6.04 Å². The first-order valence-corrected chi connectivity index (χ1v) is 14.2. The molecule has 2 atom stereocenters. The SMILES string of the molecule is CCc1nc(-c2ccc(C[C@H](NC(=O)C3(S(=O)(=O)c4ccccc4)CCCNC3)C(=O)O)cc2)cs1. The number of thiazole rings is 1. The Bertz CT molecular complexity index is 1320. The first kappa shape index (κ1) is 26.0. The van der Waals surface area contributed by atoms with Crippen molar-refractivity contribution in [3.05, 3.63) is 70.5 Å². The van der Waals surface area contributed by atoms with Gasteiger partial charge in [-0.25, -0.2) is 18.2 Å². The number of amides is 1. The number of nitrogens with zero attached hydrogens (tertiary/aromatic N) is 1. The second-order valence-corrected chi connectivity index (χ2v) is 12.0. The molecule has 3 aromatic rings. The molecule has 2 aromatic carbocycles. The number of carbonyl (C=O) groups is 2. The van der Waals surface area contributed by atoms with Crippen LogP contribution in [-0.4, -0.2) is 54.3 Å². The van der Waals surface area contributed by atoms with Crippen molar-refractivity contribution < 1.29 is 23.1 Å².